The van der Waals surface area contributed by atoms with Crippen LogP contribution in [0.15, 0.2) is 29.1 Å². The van der Waals surface area contributed by atoms with Crippen molar-refractivity contribution in [1.29, 1.82) is 0 Å². The SMILES string of the molecule is CCCCOc1ncnc2c1sc1nc(-c3ccco3)c3c(c12)CC(C)(C)OC3. The van der Waals surface area contributed by atoms with Gasteiger partial charge in [-0.3, -0.25) is 0 Å². The van der Waals surface area contributed by atoms with Crippen molar-refractivity contribution in [3.63, 3.8) is 0 Å². The fourth-order valence-corrected chi connectivity index (χ4v) is 4.92. The lowest BCUT2D eigenvalue weighted by Crippen LogP contribution is -2.32. The van der Waals surface area contributed by atoms with Crippen molar-refractivity contribution in [1.82, 2.24) is 15.0 Å². The van der Waals surface area contributed by atoms with Crippen molar-refractivity contribution in [3.05, 3.63) is 35.9 Å². The number of unbranched alkanes of at least 4 members (excludes halogenated alkanes) is 1. The highest BCUT2D eigenvalue weighted by atomic mass is 32.1. The van der Waals surface area contributed by atoms with Crippen LogP contribution in [0.2, 0.25) is 0 Å². The van der Waals surface area contributed by atoms with Gasteiger partial charge in [-0.25, -0.2) is 15.0 Å². The zero-order valence-electron chi connectivity index (χ0n) is 16.8. The van der Waals surface area contributed by atoms with Gasteiger partial charge in [0.2, 0.25) is 5.88 Å². The summed E-state index contributed by atoms with van der Waals surface area (Å²) in [4.78, 5) is 14.9. The number of nitrogens with zero attached hydrogens (tertiary/aromatic N) is 3. The molecule has 0 aromatic carbocycles. The Morgan fingerprint density at radius 2 is 2.14 bits per heavy atom. The Hall–Kier alpha value is -2.51. The van der Waals surface area contributed by atoms with Crippen LogP contribution in [-0.2, 0) is 17.8 Å². The van der Waals surface area contributed by atoms with Crippen molar-refractivity contribution in [3.8, 4) is 17.3 Å². The molecule has 0 bridgehead atoms. The van der Waals surface area contributed by atoms with Crippen LogP contribution >= 0.6 is 11.3 Å². The second kappa shape index (κ2) is 7.07. The Kier molecular flexibility index (Phi) is 4.52. The number of fused-ring (bicyclic) bond motifs is 5. The molecule has 5 heterocycles. The number of ether oxygens (including phenoxy) is 2. The first kappa shape index (κ1) is 18.5. The van der Waals surface area contributed by atoms with Gasteiger partial charge in [0.15, 0.2) is 5.76 Å². The van der Waals surface area contributed by atoms with Gasteiger partial charge < -0.3 is 13.9 Å². The highest BCUT2D eigenvalue weighted by Crippen LogP contribution is 2.44. The van der Waals surface area contributed by atoms with Crippen LogP contribution in [0.25, 0.3) is 31.9 Å². The molecule has 6 nitrogen and oxygen atoms in total. The van der Waals surface area contributed by atoms with E-state index in [0.29, 0.717) is 19.1 Å². The molecule has 0 amide bonds. The van der Waals surface area contributed by atoms with E-state index in [4.69, 9.17) is 18.9 Å². The molecule has 1 aliphatic rings. The average molecular weight is 410 g/mol. The molecule has 0 aliphatic carbocycles. The Balaban J connectivity index is 1.77. The molecule has 150 valence electrons. The summed E-state index contributed by atoms with van der Waals surface area (Å²) in [6.07, 6.45) is 6.14. The topological polar surface area (TPSA) is 70.3 Å². The molecular weight excluding hydrogens is 386 g/mol. The number of thiophene rings is 1. The molecule has 29 heavy (non-hydrogen) atoms. The number of rotatable bonds is 5. The van der Waals surface area contributed by atoms with E-state index in [1.165, 1.54) is 5.56 Å². The number of hydrogen-bond donors (Lipinski definition) is 0. The first-order valence-electron chi connectivity index (χ1n) is 9.97. The predicted molar refractivity (Wildman–Crippen MR) is 113 cm³/mol. The predicted octanol–water partition coefficient (Wildman–Crippen LogP) is 5.53. The molecule has 1 aliphatic heterocycles. The number of aromatic nitrogens is 3. The fraction of sp³-hybridized carbons (Fsp3) is 0.409. The number of hydrogen-bond acceptors (Lipinski definition) is 7. The van der Waals surface area contributed by atoms with Crippen molar-refractivity contribution in [2.45, 2.75) is 52.2 Å². The maximum absolute atomic E-state index is 6.12. The van der Waals surface area contributed by atoms with E-state index < -0.39 is 0 Å². The third-order valence-corrected chi connectivity index (χ3v) is 6.35. The maximum atomic E-state index is 6.12. The first-order valence-corrected chi connectivity index (χ1v) is 10.8. The van der Waals surface area contributed by atoms with Crippen molar-refractivity contribution < 1.29 is 13.9 Å². The van der Waals surface area contributed by atoms with E-state index in [1.807, 2.05) is 12.1 Å². The molecule has 4 aromatic rings. The molecule has 0 radical (unpaired) electrons. The number of pyridine rings is 1. The third kappa shape index (κ3) is 3.18. The summed E-state index contributed by atoms with van der Waals surface area (Å²) in [5.41, 5.74) is 3.84. The molecule has 0 atom stereocenters. The monoisotopic (exact) mass is 409 g/mol. The van der Waals surface area contributed by atoms with Gasteiger partial charge in [-0.05, 0) is 38.0 Å². The van der Waals surface area contributed by atoms with Crippen molar-refractivity contribution in [2.75, 3.05) is 6.61 Å². The molecule has 0 unspecified atom stereocenters. The van der Waals surface area contributed by atoms with E-state index in [0.717, 1.165) is 56.7 Å². The van der Waals surface area contributed by atoms with Gasteiger partial charge >= 0.3 is 0 Å². The minimum absolute atomic E-state index is 0.247. The quantitative estimate of drug-likeness (QED) is 0.404. The smallest absolute Gasteiger partial charge is 0.234 e. The molecular formula is C22H23N3O3S. The molecule has 0 fully saturated rings. The van der Waals surface area contributed by atoms with E-state index >= 15 is 0 Å². The Morgan fingerprint density at radius 1 is 1.24 bits per heavy atom. The Morgan fingerprint density at radius 3 is 2.93 bits per heavy atom. The molecule has 4 aromatic heterocycles. The van der Waals surface area contributed by atoms with Gasteiger partial charge in [-0.15, -0.1) is 11.3 Å². The van der Waals surface area contributed by atoms with E-state index in [1.54, 1.807) is 23.9 Å². The molecule has 0 saturated carbocycles. The van der Waals surface area contributed by atoms with Crippen LogP contribution in [0.3, 0.4) is 0 Å². The summed E-state index contributed by atoms with van der Waals surface area (Å²) in [7, 11) is 0. The number of furan rings is 1. The third-order valence-electron chi connectivity index (χ3n) is 5.29. The zero-order valence-corrected chi connectivity index (χ0v) is 17.6. The van der Waals surface area contributed by atoms with Crippen molar-refractivity contribution >= 4 is 31.8 Å². The molecule has 0 spiro atoms. The molecule has 0 saturated heterocycles. The van der Waals surface area contributed by atoms with Gasteiger partial charge in [0.25, 0.3) is 0 Å². The zero-order chi connectivity index (χ0) is 20.0. The Bertz CT molecular complexity index is 1180. The molecule has 7 heteroatoms. The summed E-state index contributed by atoms with van der Waals surface area (Å²) in [6.45, 7) is 7.55. The minimum Gasteiger partial charge on any atom is -0.477 e. The fourth-order valence-electron chi connectivity index (χ4n) is 3.82. The Labute approximate surface area is 172 Å². The highest BCUT2D eigenvalue weighted by molar-refractivity contribution is 7.25. The van der Waals surface area contributed by atoms with Crippen LogP contribution in [0.1, 0.15) is 44.7 Å². The van der Waals surface area contributed by atoms with E-state index in [9.17, 15) is 0 Å². The van der Waals surface area contributed by atoms with Gasteiger partial charge in [0.05, 0.1) is 30.6 Å². The second-order valence-corrected chi connectivity index (χ2v) is 8.96. The van der Waals surface area contributed by atoms with Crippen LogP contribution in [0.4, 0.5) is 0 Å². The van der Waals surface area contributed by atoms with Crippen LogP contribution in [-0.4, -0.2) is 27.2 Å². The summed E-state index contributed by atoms with van der Waals surface area (Å²) in [5.74, 6) is 1.40. The van der Waals surface area contributed by atoms with Gasteiger partial charge in [-0.1, -0.05) is 13.3 Å². The second-order valence-electron chi connectivity index (χ2n) is 7.96. The van der Waals surface area contributed by atoms with Gasteiger partial charge in [0.1, 0.15) is 21.6 Å². The van der Waals surface area contributed by atoms with E-state index in [-0.39, 0.29) is 5.60 Å². The standard InChI is InChI=1S/C22H23N3O3S/c1-4-5-8-27-20-19-18(23-12-24-20)16-13-10-22(2,3)28-11-14(13)17(25-21(16)29-19)15-7-6-9-26-15/h6-7,9,12H,4-5,8,10-11H2,1-3H3. The lowest BCUT2D eigenvalue weighted by atomic mass is 9.89. The van der Waals surface area contributed by atoms with Crippen LogP contribution < -0.4 is 4.74 Å². The highest BCUT2D eigenvalue weighted by Gasteiger charge is 2.32. The normalized spacial score (nSPS) is 15.7. The summed E-state index contributed by atoms with van der Waals surface area (Å²) in [6, 6.07) is 3.83. The molecule has 0 N–H and O–H groups in total. The van der Waals surface area contributed by atoms with Crippen LogP contribution in [0, 0.1) is 0 Å². The largest absolute Gasteiger partial charge is 0.477 e. The summed E-state index contributed by atoms with van der Waals surface area (Å²) < 4.78 is 18.7. The average Bonchev–Trinajstić information content (AvgIpc) is 3.35. The van der Waals surface area contributed by atoms with Crippen molar-refractivity contribution in [2.24, 2.45) is 0 Å². The van der Waals surface area contributed by atoms with Gasteiger partial charge in [0, 0.05) is 17.4 Å². The summed E-state index contributed by atoms with van der Waals surface area (Å²) >= 11 is 1.59. The lowest BCUT2D eigenvalue weighted by molar-refractivity contribution is -0.0395. The van der Waals surface area contributed by atoms with Crippen LogP contribution in [0.5, 0.6) is 5.88 Å². The molecule has 5 rings (SSSR count). The summed E-state index contributed by atoms with van der Waals surface area (Å²) in [5, 5.41) is 1.09. The minimum atomic E-state index is -0.247. The van der Waals surface area contributed by atoms with E-state index in [2.05, 4.69) is 30.7 Å². The lowest BCUT2D eigenvalue weighted by Gasteiger charge is -2.32. The maximum Gasteiger partial charge on any atom is 0.234 e. The van der Waals surface area contributed by atoms with Gasteiger partial charge in [-0.2, -0.15) is 0 Å². The first-order chi connectivity index (χ1) is 14.1.